The van der Waals surface area contributed by atoms with E-state index in [2.05, 4.69) is 10.6 Å². The largest absolute Gasteiger partial charge is 0.480 e. The molecule has 2 atom stereocenters. The summed E-state index contributed by atoms with van der Waals surface area (Å²) in [5, 5.41) is 15.2. The van der Waals surface area contributed by atoms with Gasteiger partial charge in [-0.25, -0.2) is 4.79 Å². The van der Waals surface area contributed by atoms with Crippen molar-refractivity contribution in [3.8, 4) is 0 Å². The zero-order valence-corrected chi connectivity index (χ0v) is 15.7. The van der Waals surface area contributed by atoms with Gasteiger partial charge in [0.25, 0.3) is 0 Å². The smallest absolute Gasteiger partial charge is 0.407 e. The van der Waals surface area contributed by atoms with E-state index in [1.165, 1.54) is 0 Å². The molecule has 0 heterocycles. The molecule has 0 radical (unpaired) electrons. The maximum atomic E-state index is 12.1. The molecule has 6 nitrogen and oxygen atoms in total. The van der Waals surface area contributed by atoms with Gasteiger partial charge in [-0.3, -0.25) is 4.79 Å². The maximum absolute atomic E-state index is 12.1. The van der Waals surface area contributed by atoms with Crippen molar-refractivity contribution in [3.63, 3.8) is 0 Å². The lowest BCUT2D eigenvalue weighted by Gasteiger charge is -2.26. The fourth-order valence-corrected chi connectivity index (χ4v) is 2.42. The van der Waals surface area contributed by atoms with Crippen LogP contribution in [0.3, 0.4) is 0 Å². The Balaban J connectivity index is 2.76. The Hall–Kier alpha value is -2.08. The number of hydrogen-bond donors (Lipinski definition) is 3. The number of carbonyl (C=O) groups is 2. The molecule has 0 saturated carbocycles. The second-order valence-electron chi connectivity index (χ2n) is 7.50. The molecule has 140 valence electrons. The van der Waals surface area contributed by atoms with Crippen molar-refractivity contribution in [2.75, 3.05) is 6.54 Å². The van der Waals surface area contributed by atoms with E-state index in [1.54, 1.807) is 20.8 Å². The van der Waals surface area contributed by atoms with Crippen LogP contribution in [0.2, 0.25) is 0 Å². The molecule has 6 heteroatoms. The highest BCUT2D eigenvalue weighted by Crippen LogP contribution is 2.09. The second-order valence-corrected chi connectivity index (χ2v) is 7.50. The van der Waals surface area contributed by atoms with Crippen molar-refractivity contribution in [2.24, 2.45) is 5.92 Å². The van der Waals surface area contributed by atoms with Crippen LogP contribution in [0.25, 0.3) is 0 Å². The van der Waals surface area contributed by atoms with Gasteiger partial charge in [-0.1, -0.05) is 44.2 Å². The number of amides is 1. The van der Waals surface area contributed by atoms with Gasteiger partial charge in [0.05, 0.1) is 0 Å². The Kier molecular flexibility index (Phi) is 7.90. The number of alkyl carbamates (subject to hydrolysis) is 1. The third kappa shape index (κ3) is 8.54. The number of carboxylic acids is 1. The first-order chi connectivity index (χ1) is 11.6. The van der Waals surface area contributed by atoms with E-state index in [9.17, 15) is 14.7 Å². The van der Waals surface area contributed by atoms with Crippen molar-refractivity contribution in [1.29, 1.82) is 0 Å². The standard InChI is InChI=1S/C19H30N2O4/c1-13(2)16(17(22)23)20-12-15(11-14-9-7-6-8-10-14)21-18(24)25-19(3,4)5/h6-10,13,15-16,20H,11-12H2,1-5H3,(H,21,24)(H,22,23)/t15-,16?/m0/s1. The minimum atomic E-state index is -0.897. The predicted molar refractivity (Wildman–Crippen MR) is 97.6 cm³/mol. The van der Waals surface area contributed by atoms with E-state index >= 15 is 0 Å². The molecule has 0 fully saturated rings. The van der Waals surface area contributed by atoms with Crippen molar-refractivity contribution in [1.82, 2.24) is 10.6 Å². The topological polar surface area (TPSA) is 87.7 Å². The number of rotatable bonds is 8. The third-order valence-corrected chi connectivity index (χ3v) is 3.56. The van der Waals surface area contributed by atoms with Gasteiger partial charge < -0.3 is 20.5 Å². The summed E-state index contributed by atoms with van der Waals surface area (Å²) in [5.41, 5.74) is 0.470. The minimum absolute atomic E-state index is 0.0589. The molecule has 0 aliphatic carbocycles. The van der Waals surface area contributed by atoms with E-state index in [1.807, 2.05) is 44.2 Å². The Bertz CT molecular complexity index is 552. The van der Waals surface area contributed by atoms with E-state index in [0.29, 0.717) is 13.0 Å². The van der Waals surface area contributed by atoms with Crippen LogP contribution in [0.5, 0.6) is 0 Å². The first kappa shape index (κ1) is 21.0. The summed E-state index contributed by atoms with van der Waals surface area (Å²) in [6.45, 7) is 9.44. The number of nitrogens with one attached hydrogen (secondary N) is 2. The molecule has 0 aromatic heterocycles. The van der Waals surface area contributed by atoms with Crippen molar-refractivity contribution < 1.29 is 19.4 Å². The molecule has 0 saturated heterocycles. The zero-order chi connectivity index (χ0) is 19.0. The Morgan fingerprint density at radius 1 is 1.16 bits per heavy atom. The maximum Gasteiger partial charge on any atom is 0.407 e. The summed E-state index contributed by atoms with van der Waals surface area (Å²) in [6.07, 6.45) is 0.0731. The molecule has 25 heavy (non-hydrogen) atoms. The predicted octanol–water partition coefficient (Wildman–Crippen LogP) is 2.82. The number of hydrogen-bond acceptors (Lipinski definition) is 4. The van der Waals surface area contributed by atoms with E-state index in [-0.39, 0.29) is 12.0 Å². The van der Waals surface area contributed by atoms with Crippen LogP contribution in [0.4, 0.5) is 4.79 Å². The van der Waals surface area contributed by atoms with Crippen LogP contribution in [-0.4, -0.2) is 41.4 Å². The summed E-state index contributed by atoms with van der Waals surface area (Å²) < 4.78 is 5.31. The lowest BCUT2D eigenvalue weighted by molar-refractivity contribution is -0.140. The molecule has 0 spiro atoms. The molecule has 0 aliphatic heterocycles. The van der Waals surface area contributed by atoms with Gasteiger partial charge in [-0.15, -0.1) is 0 Å². The van der Waals surface area contributed by atoms with E-state index < -0.39 is 23.7 Å². The van der Waals surface area contributed by atoms with Crippen LogP contribution < -0.4 is 10.6 Å². The van der Waals surface area contributed by atoms with Crippen LogP contribution in [-0.2, 0) is 16.0 Å². The third-order valence-electron chi connectivity index (χ3n) is 3.56. The number of carbonyl (C=O) groups excluding carboxylic acids is 1. The quantitative estimate of drug-likeness (QED) is 0.671. The highest BCUT2D eigenvalue weighted by molar-refractivity contribution is 5.73. The fraction of sp³-hybridized carbons (Fsp3) is 0.579. The Labute approximate surface area is 150 Å². The van der Waals surface area contributed by atoms with Gasteiger partial charge in [0.15, 0.2) is 0 Å². The van der Waals surface area contributed by atoms with Crippen LogP contribution in [0.15, 0.2) is 30.3 Å². The highest BCUT2D eigenvalue weighted by Gasteiger charge is 2.24. The average molecular weight is 350 g/mol. The number of ether oxygens (including phenoxy) is 1. The molecule has 0 aliphatic rings. The summed E-state index contributed by atoms with van der Waals surface area (Å²) >= 11 is 0. The van der Waals surface area contributed by atoms with Gasteiger partial charge in [-0.2, -0.15) is 0 Å². The monoisotopic (exact) mass is 350 g/mol. The van der Waals surface area contributed by atoms with E-state index in [4.69, 9.17) is 4.74 Å². The van der Waals surface area contributed by atoms with E-state index in [0.717, 1.165) is 5.56 Å². The van der Waals surface area contributed by atoms with Gasteiger partial charge in [0, 0.05) is 12.6 Å². The number of carboxylic acid groups (broad SMARTS) is 1. The summed E-state index contributed by atoms with van der Waals surface area (Å²) in [7, 11) is 0. The van der Waals surface area contributed by atoms with Gasteiger partial charge in [0.1, 0.15) is 11.6 Å². The first-order valence-electron chi connectivity index (χ1n) is 8.58. The van der Waals surface area contributed by atoms with Gasteiger partial charge >= 0.3 is 12.1 Å². The van der Waals surface area contributed by atoms with Crippen LogP contribution >= 0.6 is 0 Å². The zero-order valence-electron chi connectivity index (χ0n) is 15.7. The minimum Gasteiger partial charge on any atom is -0.480 e. The molecule has 0 bridgehead atoms. The average Bonchev–Trinajstić information content (AvgIpc) is 2.45. The Morgan fingerprint density at radius 3 is 2.24 bits per heavy atom. The highest BCUT2D eigenvalue weighted by atomic mass is 16.6. The molecule has 1 amide bonds. The normalized spacial score (nSPS) is 14.0. The molecule has 3 N–H and O–H groups in total. The first-order valence-corrected chi connectivity index (χ1v) is 8.58. The summed E-state index contributed by atoms with van der Waals surface area (Å²) in [4.78, 5) is 23.4. The molecular formula is C19H30N2O4. The Morgan fingerprint density at radius 2 is 1.76 bits per heavy atom. The fourth-order valence-electron chi connectivity index (χ4n) is 2.42. The van der Waals surface area contributed by atoms with Crippen LogP contribution in [0.1, 0.15) is 40.2 Å². The number of benzene rings is 1. The lowest BCUT2D eigenvalue weighted by Crippen LogP contribution is -2.50. The van der Waals surface area contributed by atoms with Crippen molar-refractivity contribution >= 4 is 12.1 Å². The second kappa shape index (κ2) is 9.42. The van der Waals surface area contributed by atoms with Gasteiger partial charge in [-0.05, 0) is 38.7 Å². The molecule has 1 unspecified atom stereocenters. The molecule has 1 aromatic carbocycles. The van der Waals surface area contributed by atoms with Crippen molar-refractivity contribution in [3.05, 3.63) is 35.9 Å². The van der Waals surface area contributed by atoms with Crippen molar-refractivity contribution in [2.45, 2.75) is 58.7 Å². The summed E-state index contributed by atoms with van der Waals surface area (Å²) in [5.74, 6) is -0.956. The number of aliphatic carboxylic acids is 1. The lowest BCUT2D eigenvalue weighted by atomic mass is 10.0. The molecular weight excluding hydrogens is 320 g/mol. The van der Waals surface area contributed by atoms with Crippen LogP contribution in [0, 0.1) is 5.92 Å². The molecule has 1 aromatic rings. The summed E-state index contributed by atoms with van der Waals surface area (Å²) in [6, 6.07) is 8.79. The van der Waals surface area contributed by atoms with Gasteiger partial charge in [0.2, 0.25) is 0 Å². The molecule has 1 rings (SSSR count). The SMILES string of the molecule is CC(C)C(NC[C@H](Cc1ccccc1)NC(=O)OC(C)(C)C)C(=O)O.